The number of carbonyl (C=O) groups is 3. The molecule has 0 radical (unpaired) electrons. The van der Waals surface area contributed by atoms with Crippen LogP contribution in [0, 0.1) is 5.92 Å². The molecule has 0 spiro atoms. The van der Waals surface area contributed by atoms with Crippen LogP contribution in [0.2, 0.25) is 0 Å². The second kappa shape index (κ2) is 10.7. The van der Waals surface area contributed by atoms with Crippen molar-refractivity contribution in [3.63, 3.8) is 0 Å². The minimum atomic E-state index is -3.88. The Morgan fingerprint density at radius 2 is 1.87 bits per heavy atom. The Kier molecular flexibility index (Phi) is 8.56. The number of nitrogens with two attached hydrogens (primary N) is 1. The Balaban J connectivity index is 2.10. The number of sulfonamides is 1. The van der Waals surface area contributed by atoms with Crippen LogP contribution in [0.3, 0.4) is 0 Å². The number of amides is 3. The molecular formula is C18H24ClFN4O5S. The molecule has 1 aromatic rings. The number of alkyl halides is 2. The number of rotatable bonds is 11. The third-order valence-corrected chi connectivity index (χ3v) is 5.93. The molecule has 0 saturated heterocycles. The monoisotopic (exact) mass is 462 g/mol. The first-order valence-electron chi connectivity index (χ1n) is 9.29. The lowest BCUT2D eigenvalue weighted by Crippen LogP contribution is -2.56. The molecule has 0 aromatic heterocycles. The van der Waals surface area contributed by atoms with Gasteiger partial charge in [0.2, 0.25) is 15.9 Å². The van der Waals surface area contributed by atoms with Crippen molar-refractivity contribution in [3.05, 3.63) is 35.9 Å². The minimum absolute atomic E-state index is 0.164. The average Bonchev–Trinajstić information content (AvgIpc) is 3.47. The molecule has 166 valence electrons. The number of nitrogens with one attached hydrogen (secondary N) is 2. The Labute approximate surface area is 179 Å². The Bertz CT molecular complexity index is 865. The van der Waals surface area contributed by atoms with Crippen LogP contribution in [0.25, 0.3) is 0 Å². The van der Waals surface area contributed by atoms with E-state index in [0.717, 1.165) is 12.8 Å². The van der Waals surface area contributed by atoms with Crippen molar-refractivity contribution in [1.29, 1.82) is 0 Å². The van der Waals surface area contributed by atoms with Crippen molar-refractivity contribution in [3.8, 4) is 0 Å². The van der Waals surface area contributed by atoms with Crippen LogP contribution in [0.15, 0.2) is 30.3 Å². The first-order valence-corrected chi connectivity index (χ1v) is 11.4. The van der Waals surface area contributed by atoms with E-state index in [1.807, 2.05) is 0 Å². The lowest BCUT2D eigenvalue weighted by molar-refractivity contribution is -0.144. The van der Waals surface area contributed by atoms with Gasteiger partial charge in [-0.2, -0.15) is 0 Å². The van der Waals surface area contributed by atoms with Gasteiger partial charge in [0.1, 0.15) is 6.04 Å². The number of primary amides is 1. The van der Waals surface area contributed by atoms with Gasteiger partial charge in [-0.1, -0.05) is 54.8 Å². The fourth-order valence-electron chi connectivity index (χ4n) is 2.72. The van der Waals surface area contributed by atoms with Gasteiger partial charge in [-0.05, 0) is 17.9 Å². The number of halogens is 2. The quantitative estimate of drug-likeness (QED) is 0.325. The number of hydrogen-bond acceptors (Lipinski definition) is 5. The highest BCUT2D eigenvalue weighted by molar-refractivity contribution is 7.88. The zero-order chi connectivity index (χ0) is 22.3. The fourth-order valence-corrected chi connectivity index (χ4v) is 4.19. The summed E-state index contributed by atoms with van der Waals surface area (Å²) >= 11 is 5.16. The maximum Gasteiger partial charge on any atom is 0.291 e. The second-order valence-corrected chi connectivity index (χ2v) is 9.21. The smallest absolute Gasteiger partial charge is 0.291 e. The molecule has 3 amide bonds. The molecule has 1 saturated carbocycles. The Hall–Kier alpha value is -2.24. The zero-order valence-electron chi connectivity index (χ0n) is 16.1. The van der Waals surface area contributed by atoms with Crippen molar-refractivity contribution in [1.82, 2.24) is 15.2 Å². The summed E-state index contributed by atoms with van der Waals surface area (Å²) in [6.07, 6.45) is 1.58. The predicted molar refractivity (Wildman–Crippen MR) is 108 cm³/mol. The highest BCUT2D eigenvalue weighted by Gasteiger charge is 2.34. The van der Waals surface area contributed by atoms with E-state index >= 15 is 0 Å². The van der Waals surface area contributed by atoms with Gasteiger partial charge in [-0.25, -0.2) is 22.5 Å². The third-order valence-electron chi connectivity index (χ3n) is 4.38. The van der Waals surface area contributed by atoms with Crippen LogP contribution in [0.1, 0.15) is 31.2 Å². The predicted octanol–water partition coefficient (Wildman–Crippen LogP) is 0.544. The highest BCUT2D eigenvalue weighted by atomic mass is 35.5. The summed E-state index contributed by atoms with van der Waals surface area (Å²) in [5.74, 6) is -3.08. The normalized spacial score (nSPS) is 15.8. The summed E-state index contributed by atoms with van der Waals surface area (Å²) in [5.41, 5.74) is 5.28. The molecule has 1 aromatic carbocycles. The molecule has 12 heteroatoms. The van der Waals surface area contributed by atoms with E-state index in [-0.39, 0.29) is 24.5 Å². The van der Waals surface area contributed by atoms with Gasteiger partial charge in [-0.3, -0.25) is 19.8 Å². The van der Waals surface area contributed by atoms with Crippen molar-refractivity contribution < 1.29 is 27.2 Å². The van der Waals surface area contributed by atoms with Crippen LogP contribution < -0.4 is 15.9 Å². The number of hydrogen-bond donors (Lipinski definition) is 3. The summed E-state index contributed by atoms with van der Waals surface area (Å²) < 4.78 is 40.7. The van der Waals surface area contributed by atoms with Crippen molar-refractivity contribution in [2.45, 2.75) is 43.1 Å². The van der Waals surface area contributed by atoms with E-state index in [1.54, 1.807) is 30.3 Å². The standard InChI is InChI=1S/C18H24ClFN4O5S/c19-16(20)18(27)24(9-8-15(21)25)22-17(26)14(10-12-6-7-12)23-30(28,29)11-13-4-2-1-3-5-13/h1-5,12,14,16,23H,6-11H2,(H2,21,25)(H,22,26). The molecule has 2 rings (SSSR count). The maximum atomic E-state index is 13.2. The molecule has 4 N–H and O–H groups in total. The van der Waals surface area contributed by atoms with E-state index in [0.29, 0.717) is 10.6 Å². The summed E-state index contributed by atoms with van der Waals surface area (Å²) in [7, 11) is -3.88. The summed E-state index contributed by atoms with van der Waals surface area (Å²) in [4.78, 5) is 35.6. The lowest BCUT2D eigenvalue weighted by atomic mass is 10.1. The molecule has 2 atom stereocenters. The molecule has 1 aliphatic rings. The average molecular weight is 463 g/mol. The second-order valence-electron chi connectivity index (χ2n) is 7.08. The summed E-state index contributed by atoms with van der Waals surface area (Å²) in [6, 6.07) is 7.24. The van der Waals surface area contributed by atoms with Crippen LogP contribution in [0.4, 0.5) is 4.39 Å². The molecule has 0 aliphatic heterocycles. The highest BCUT2D eigenvalue weighted by Crippen LogP contribution is 2.33. The van der Waals surface area contributed by atoms with Gasteiger partial charge in [0.15, 0.2) is 0 Å². The topological polar surface area (TPSA) is 139 Å². The molecule has 1 fully saturated rings. The van der Waals surface area contributed by atoms with Crippen LogP contribution in [-0.2, 0) is 30.2 Å². The number of hydrazine groups is 1. The molecule has 0 heterocycles. The van der Waals surface area contributed by atoms with Gasteiger partial charge in [-0.15, -0.1) is 0 Å². The minimum Gasteiger partial charge on any atom is -0.370 e. The number of nitrogens with zero attached hydrogens (tertiary/aromatic N) is 1. The summed E-state index contributed by atoms with van der Waals surface area (Å²) in [5, 5.41) is 0.538. The lowest BCUT2D eigenvalue weighted by Gasteiger charge is -2.26. The molecule has 0 bridgehead atoms. The first kappa shape index (κ1) is 24.0. The first-order chi connectivity index (χ1) is 14.1. The Morgan fingerprint density at radius 3 is 2.40 bits per heavy atom. The van der Waals surface area contributed by atoms with Gasteiger partial charge < -0.3 is 5.73 Å². The van der Waals surface area contributed by atoms with Crippen LogP contribution in [0.5, 0.6) is 0 Å². The molecular weight excluding hydrogens is 439 g/mol. The van der Waals surface area contributed by atoms with Crippen molar-refractivity contribution in [2.24, 2.45) is 11.7 Å². The van der Waals surface area contributed by atoms with Crippen molar-refractivity contribution >= 4 is 39.3 Å². The van der Waals surface area contributed by atoms with E-state index < -0.39 is 46.0 Å². The fraction of sp³-hybridized carbons (Fsp3) is 0.500. The van der Waals surface area contributed by atoms with Gasteiger partial charge in [0.05, 0.1) is 12.3 Å². The number of carbonyl (C=O) groups excluding carboxylic acids is 3. The van der Waals surface area contributed by atoms with E-state index in [2.05, 4.69) is 10.1 Å². The molecule has 2 unspecified atom stereocenters. The van der Waals surface area contributed by atoms with Crippen molar-refractivity contribution in [2.75, 3.05) is 6.54 Å². The van der Waals surface area contributed by atoms with Crippen LogP contribution >= 0.6 is 11.6 Å². The number of benzene rings is 1. The molecule has 9 nitrogen and oxygen atoms in total. The van der Waals surface area contributed by atoms with E-state index in [4.69, 9.17) is 17.3 Å². The molecule has 30 heavy (non-hydrogen) atoms. The van der Waals surface area contributed by atoms with E-state index in [1.165, 1.54) is 0 Å². The summed E-state index contributed by atoms with van der Waals surface area (Å²) in [6.45, 7) is -0.403. The zero-order valence-corrected chi connectivity index (χ0v) is 17.7. The third kappa shape index (κ3) is 8.25. The van der Waals surface area contributed by atoms with Crippen LogP contribution in [-0.4, -0.2) is 49.4 Å². The van der Waals surface area contributed by atoms with Gasteiger partial charge >= 0.3 is 0 Å². The molecule has 1 aliphatic carbocycles. The Morgan fingerprint density at radius 1 is 1.23 bits per heavy atom. The van der Waals surface area contributed by atoms with E-state index in [9.17, 15) is 27.2 Å². The van der Waals surface area contributed by atoms with Gasteiger partial charge in [0, 0.05) is 6.42 Å². The SMILES string of the molecule is NC(=O)CCN(NC(=O)C(CC1CC1)NS(=O)(=O)Cc1ccccc1)C(=O)C(F)Cl. The largest absolute Gasteiger partial charge is 0.370 e. The van der Waals surface area contributed by atoms with Gasteiger partial charge in [0.25, 0.3) is 17.4 Å². The maximum absolute atomic E-state index is 13.2.